The second-order valence-electron chi connectivity index (χ2n) is 7.67. The fourth-order valence-electron chi connectivity index (χ4n) is 3.90. The summed E-state index contributed by atoms with van der Waals surface area (Å²) >= 11 is 0. The quantitative estimate of drug-likeness (QED) is 0.765. The van der Waals surface area contributed by atoms with Gasteiger partial charge in [0.1, 0.15) is 6.54 Å². The van der Waals surface area contributed by atoms with Crippen molar-refractivity contribution in [1.82, 2.24) is 24.8 Å². The number of hydrogen-bond acceptors (Lipinski definition) is 6. The zero-order chi connectivity index (χ0) is 19.0. The van der Waals surface area contributed by atoms with Crippen LogP contribution < -0.4 is 0 Å². The third-order valence-corrected chi connectivity index (χ3v) is 5.51. The van der Waals surface area contributed by atoms with Gasteiger partial charge in [-0.15, -0.1) is 0 Å². The van der Waals surface area contributed by atoms with E-state index in [0.717, 1.165) is 36.7 Å². The lowest BCUT2D eigenvalue weighted by Crippen LogP contribution is -2.58. The summed E-state index contributed by atoms with van der Waals surface area (Å²) in [6.07, 6.45) is -0.864. The molecule has 1 amide bonds. The zero-order valence-electron chi connectivity index (χ0n) is 15.1. The van der Waals surface area contributed by atoms with Crippen LogP contribution in [0.4, 0.5) is 13.2 Å². The van der Waals surface area contributed by atoms with Crippen LogP contribution in [-0.2, 0) is 11.3 Å². The smallest absolute Gasteiger partial charge is 0.338 e. The fraction of sp³-hybridized carbons (Fsp3) is 0.824. The predicted octanol–water partition coefficient (Wildman–Crippen LogP) is 1.62. The average molecular weight is 387 g/mol. The first-order valence-corrected chi connectivity index (χ1v) is 9.53. The van der Waals surface area contributed by atoms with Crippen molar-refractivity contribution >= 4 is 5.91 Å². The highest BCUT2D eigenvalue weighted by molar-refractivity contribution is 5.82. The van der Waals surface area contributed by atoms with Crippen LogP contribution in [0.3, 0.4) is 0 Å². The van der Waals surface area contributed by atoms with Gasteiger partial charge in [-0.3, -0.25) is 14.6 Å². The number of rotatable bonds is 5. The minimum atomic E-state index is -4.35. The lowest BCUT2D eigenvalue weighted by atomic mass is 10.0. The van der Waals surface area contributed by atoms with Gasteiger partial charge in [0, 0.05) is 38.6 Å². The second-order valence-corrected chi connectivity index (χ2v) is 7.67. The molecule has 4 rings (SSSR count). The van der Waals surface area contributed by atoms with Crippen molar-refractivity contribution in [3.8, 4) is 0 Å². The number of halogens is 3. The van der Waals surface area contributed by atoms with Crippen molar-refractivity contribution in [1.29, 1.82) is 0 Å². The largest absolute Gasteiger partial charge is 0.406 e. The van der Waals surface area contributed by atoms with Gasteiger partial charge in [0.15, 0.2) is 5.82 Å². The van der Waals surface area contributed by atoms with Crippen molar-refractivity contribution in [2.24, 2.45) is 0 Å². The highest BCUT2D eigenvalue weighted by Crippen LogP contribution is 2.38. The Labute approximate surface area is 155 Å². The maximum atomic E-state index is 12.7. The van der Waals surface area contributed by atoms with E-state index in [2.05, 4.69) is 15.0 Å². The predicted molar refractivity (Wildman–Crippen MR) is 88.8 cm³/mol. The van der Waals surface area contributed by atoms with Gasteiger partial charge in [0.05, 0.1) is 12.6 Å². The molecular weight excluding hydrogens is 363 g/mol. The molecule has 0 bridgehead atoms. The summed E-state index contributed by atoms with van der Waals surface area (Å²) in [5.74, 6) is 1.46. The Balaban J connectivity index is 1.28. The molecule has 1 aliphatic carbocycles. The van der Waals surface area contributed by atoms with E-state index < -0.39 is 24.7 Å². The van der Waals surface area contributed by atoms with Gasteiger partial charge >= 0.3 is 6.18 Å². The van der Waals surface area contributed by atoms with Crippen molar-refractivity contribution in [3.63, 3.8) is 0 Å². The number of piperazine rings is 1. The molecule has 2 saturated heterocycles. The van der Waals surface area contributed by atoms with Gasteiger partial charge in [0.2, 0.25) is 11.8 Å². The van der Waals surface area contributed by atoms with Gasteiger partial charge in [-0.25, -0.2) is 0 Å². The van der Waals surface area contributed by atoms with E-state index in [1.807, 2.05) is 4.90 Å². The Kier molecular flexibility index (Phi) is 5.11. The van der Waals surface area contributed by atoms with E-state index in [1.165, 1.54) is 0 Å². The Morgan fingerprint density at radius 2 is 1.81 bits per heavy atom. The Morgan fingerprint density at radius 1 is 1.07 bits per heavy atom. The van der Waals surface area contributed by atoms with Crippen LogP contribution in [0.15, 0.2) is 4.52 Å². The molecule has 27 heavy (non-hydrogen) atoms. The third-order valence-electron chi connectivity index (χ3n) is 5.51. The highest BCUT2D eigenvalue weighted by Gasteiger charge is 2.40. The third kappa shape index (κ3) is 4.60. The van der Waals surface area contributed by atoms with Gasteiger partial charge in [-0.2, -0.15) is 18.2 Å². The molecule has 0 N–H and O–H groups in total. The van der Waals surface area contributed by atoms with Crippen LogP contribution in [0.5, 0.6) is 0 Å². The molecule has 3 heterocycles. The molecule has 0 aromatic carbocycles. The number of hydrogen-bond donors (Lipinski definition) is 0. The number of likely N-dealkylation sites (tertiary alicyclic amines) is 1. The number of carbonyl (C=O) groups is 1. The molecule has 2 aliphatic heterocycles. The maximum Gasteiger partial charge on any atom is 0.406 e. The van der Waals surface area contributed by atoms with Crippen molar-refractivity contribution in [2.75, 3.05) is 39.3 Å². The lowest BCUT2D eigenvalue weighted by molar-refractivity contribution is -0.168. The zero-order valence-corrected chi connectivity index (χ0v) is 15.1. The number of carbonyl (C=O) groups excluding carboxylic acids is 1. The maximum absolute atomic E-state index is 12.7. The summed E-state index contributed by atoms with van der Waals surface area (Å²) in [5.41, 5.74) is 0. The van der Waals surface area contributed by atoms with E-state index in [9.17, 15) is 18.0 Å². The van der Waals surface area contributed by atoms with Crippen LogP contribution in [0.1, 0.15) is 43.3 Å². The summed E-state index contributed by atoms with van der Waals surface area (Å²) in [6, 6.07) is -0.437. The molecule has 1 atom stereocenters. The molecular formula is C17H24F3N5O2. The Bertz CT molecular complexity index is 668. The normalized spacial score (nSPS) is 26.0. The molecule has 7 nitrogen and oxygen atoms in total. The topological polar surface area (TPSA) is 65.7 Å². The Hall–Kier alpha value is -1.68. The first kappa shape index (κ1) is 18.7. The summed E-state index contributed by atoms with van der Waals surface area (Å²) in [6.45, 7) is 2.37. The SMILES string of the molecule is O=C1C(N2CCN(Cc3nc(C4CC4)no3)CC2)CCCN1CC(F)(F)F. The van der Waals surface area contributed by atoms with E-state index in [4.69, 9.17) is 4.52 Å². The van der Waals surface area contributed by atoms with Crippen molar-refractivity contribution in [2.45, 2.75) is 50.4 Å². The molecule has 0 spiro atoms. The number of aromatic nitrogens is 2. The minimum absolute atomic E-state index is 0.190. The molecule has 150 valence electrons. The molecule has 3 aliphatic rings. The van der Waals surface area contributed by atoms with Gasteiger partial charge < -0.3 is 9.42 Å². The molecule has 10 heteroatoms. The summed E-state index contributed by atoms with van der Waals surface area (Å²) < 4.78 is 43.3. The summed E-state index contributed by atoms with van der Waals surface area (Å²) in [5, 5.41) is 4.01. The number of alkyl halides is 3. The van der Waals surface area contributed by atoms with Crippen LogP contribution in [0.25, 0.3) is 0 Å². The van der Waals surface area contributed by atoms with Crippen molar-refractivity contribution in [3.05, 3.63) is 11.7 Å². The first-order chi connectivity index (χ1) is 12.9. The van der Waals surface area contributed by atoms with Crippen LogP contribution in [0, 0.1) is 0 Å². The molecule has 1 aromatic rings. The minimum Gasteiger partial charge on any atom is -0.338 e. The van der Waals surface area contributed by atoms with Crippen LogP contribution >= 0.6 is 0 Å². The molecule has 1 saturated carbocycles. The average Bonchev–Trinajstić information content (AvgIpc) is 3.36. The monoisotopic (exact) mass is 387 g/mol. The van der Waals surface area contributed by atoms with Crippen LogP contribution in [-0.4, -0.2) is 82.2 Å². The van der Waals surface area contributed by atoms with Crippen molar-refractivity contribution < 1.29 is 22.5 Å². The van der Waals surface area contributed by atoms with Gasteiger partial charge in [-0.05, 0) is 25.7 Å². The number of nitrogens with zero attached hydrogens (tertiary/aromatic N) is 5. The van der Waals surface area contributed by atoms with E-state index >= 15 is 0 Å². The molecule has 1 unspecified atom stereocenters. The van der Waals surface area contributed by atoms with E-state index in [1.54, 1.807) is 0 Å². The summed E-state index contributed by atoms with van der Waals surface area (Å²) in [4.78, 5) is 22.1. The van der Waals surface area contributed by atoms with E-state index in [-0.39, 0.29) is 6.54 Å². The first-order valence-electron chi connectivity index (χ1n) is 9.53. The standard InChI is InChI=1S/C17H24F3N5O2/c18-17(19,20)11-25-5-1-2-13(16(25)26)24-8-6-23(7-9-24)10-14-21-15(22-27-14)12-3-4-12/h12-13H,1-11H2. The van der Waals surface area contributed by atoms with Crippen LogP contribution in [0.2, 0.25) is 0 Å². The molecule has 3 fully saturated rings. The van der Waals surface area contributed by atoms with Gasteiger partial charge in [0.25, 0.3) is 0 Å². The molecule has 1 aromatic heterocycles. The Morgan fingerprint density at radius 3 is 2.48 bits per heavy atom. The van der Waals surface area contributed by atoms with E-state index in [0.29, 0.717) is 44.3 Å². The highest BCUT2D eigenvalue weighted by atomic mass is 19.4. The second kappa shape index (κ2) is 7.38. The lowest BCUT2D eigenvalue weighted by Gasteiger charge is -2.42. The van der Waals surface area contributed by atoms with Gasteiger partial charge in [-0.1, -0.05) is 5.16 Å². The molecule has 0 radical (unpaired) electrons. The number of amides is 1. The summed E-state index contributed by atoms with van der Waals surface area (Å²) in [7, 11) is 0. The number of piperidine rings is 1. The fourth-order valence-corrected chi connectivity index (χ4v) is 3.90.